The van der Waals surface area contributed by atoms with Crippen LogP contribution < -0.4 is 5.32 Å². The molecule has 0 aliphatic carbocycles. The summed E-state index contributed by atoms with van der Waals surface area (Å²) in [5, 5.41) is 3.62. The van der Waals surface area contributed by atoms with E-state index in [9.17, 15) is 0 Å². The maximum atomic E-state index is 3.62. The number of nitrogens with zero attached hydrogens (tertiary/aromatic N) is 1. The van der Waals surface area contributed by atoms with Crippen molar-refractivity contribution in [2.75, 3.05) is 32.7 Å². The fourth-order valence-electron chi connectivity index (χ4n) is 3.28. The summed E-state index contributed by atoms with van der Waals surface area (Å²) in [7, 11) is 0. The van der Waals surface area contributed by atoms with Gasteiger partial charge in [0.05, 0.1) is 0 Å². The van der Waals surface area contributed by atoms with Crippen molar-refractivity contribution in [2.24, 2.45) is 11.3 Å². The first-order valence-corrected chi connectivity index (χ1v) is 7.55. The Morgan fingerprint density at radius 3 is 2.53 bits per heavy atom. The molecule has 1 aliphatic rings. The predicted molar refractivity (Wildman–Crippen MR) is 76.4 cm³/mol. The van der Waals surface area contributed by atoms with Gasteiger partial charge in [-0.15, -0.1) is 0 Å². The van der Waals surface area contributed by atoms with E-state index in [2.05, 4.69) is 37.9 Å². The Morgan fingerprint density at radius 1 is 1.29 bits per heavy atom. The van der Waals surface area contributed by atoms with Gasteiger partial charge in [0.15, 0.2) is 0 Å². The normalized spacial score (nSPS) is 25.8. The highest BCUT2D eigenvalue weighted by molar-refractivity contribution is 4.88. The summed E-state index contributed by atoms with van der Waals surface area (Å²) < 4.78 is 0. The molecule has 0 aromatic carbocycles. The van der Waals surface area contributed by atoms with Crippen molar-refractivity contribution in [1.82, 2.24) is 10.2 Å². The highest BCUT2D eigenvalue weighted by Gasteiger charge is 2.32. The average molecular weight is 240 g/mol. The summed E-state index contributed by atoms with van der Waals surface area (Å²) in [5.74, 6) is 0.783. The van der Waals surface area contributed by atoms with Crippen molar-refractivity contribution in [3.63, 3.8) is 0 Å². The molecule has 0 aromatic heterocycles. The lowest BCUT2D eigenvalue weighted by atomic mass is 9.76. The van der Waals surface area contributed by atoms with Crippen LogP contribution in [0.2, 0.25) is 0 Å². The van der Waals surface area contributed by atoms with Gasteiger partial charge in [-0.3, -0.25) is 0 Å². The first kappa shape index (κ1) is 15.0. The molecule has 2 nitrogen and oxygen atoms in total. The lowest BCUT2D eigenvalue weighted by molar-refractivity contribution is 0.102. The Kier molecular flexibility index (Phi) is 6.50. The molecule has 1 aliphatic heterocycles. The van der Waals surface area contributed by atoms with Crippen molar-refractivity contribution in [1.29, 1.82) is 0 Å². The highest BCUT2D eigenvalue weighted by atomic mass is 15.1. The van der Waals surface area contributed by atoms with E-state index >= 15 is 0 Å². The zero-order chi connectivity index (χ0) is 12.7. The third-order valence-electron chi connectivity index (χ3n) is 3.97. The Balaban J connectivity index is 2.56. The van der Waals surface area contributed by atoms with E-state index in [4.69, 9.17) is 0 Å². The van der Waals surface area contributed by atoms with Crippen molar-refractivity contribution in [2.45, 2.75) is 53.4 Å². The number of hydrogen-bond acceptors (Lipinski definition) is 2. The molecule has 1 saturated heterocycles. The molecule has 102 valence electrons. The molecular formula is C15H32N2. The monoisotopic (exact) mass is 240 g/mol. The summed E-state index contributed by atoms with van der Waals surface area (Å²) in [5.41, 5.74) is 0.553. The fraction of sp³-hybridized carbons (Fsp3) is 1.00. The van der Waals surface area contributed by atoms with Crippen LogP contribution >= 0.6 is 0 Å². The third-order valence-corrected chi connectivity index (χ3v) is 3.97. The molecule has 1 heterocycles. The lowest BCUT2D eigenvalue weighted by Gasteiger charge is -2.42. The highest BCUT2D eigenvalue weighted by Crippen LogP contribution is 2.32. The van der Waals surface area contributed by atoms with Crippen LogP contribution in [0.15, 0.2) is 0 Å². The molecule has 0 radical (unpaired) electrons. The first-order chi connectivity index (χ1) is 8.12. The molecule has 17 heavy (non-hydrogen) atoms. The van der Waals surface area contributed by atoms with Crippen LogP contribution in [-0.4, -0.2) is 37.6 Å². The fourth-order valence-corrected chi connectivity index (χ4v) is 3.28. The van der Waals surface area contributed by atoms with Crippen LogP contribution in [0.1, 0.15) is 53.4 Å². The van der Waals surface area contributed by atoms with E-state index in [1.807, 2.05) is 0 Å². The first-order valence-electron chi connectivity index (χ1n) is 7.55. The molecule has 1 N–H and O–H groups in total. The van der Waals surface area contributed by atoms with Gasteiger partial charge >= 0.3 is 0 Å². The lowest BCUT2D eigenvalue weighted by Crippen LogP contribution is -2.48. The molecule has 1 fully saturated rings. The van der Waals surface area contributed by atoms with E-state index in [0.29, 0.717) is 5.41 Å². The minimum absolute atomic E-state index is 0.553. The molecular weight excluding hydrogens is 208 g/mol. The Bertz CT molecular complexity index is 190. The zero-order valence-corrected chi connectivity index (χ0v) is 12.4. The molecule has 1 unspecified atom stereocenters. The minimum Gasteiger partial charge on any atom is -0.316 e. The van der Waals surface area contributed by atoms with E-state index in [0.717, 1.165) is 5.92 Å². The maximum Gasteiger partial charge on any atom is 0.00501 e. The van der Waals surface area contributed by atoms with Gasteiger partial charge in [0.25, 0.3) is 0 Å². The van der Waals surface area contributed by atoms with Crippen molar-refractivity contribution >= 4 is 0 Å². The summed E-state index contributed by atoms with van der Waals surface area (Å²) in [6, 6.07) is 0. The van der Waals surface area contributed by atoms with Gasteiger partial charge in [-0.25, -0.2) is 0 Å². The van der Waals surface area contributed by atoms with E-state index in [1.54, 1.807) is 0 Å². The van der Waals surface area contributed by atoms with Crippen LogP contribution in [0.5, 0.6) is 0 Å². The SMILES string of the molecule is CCCC1(CN(CC)CC(C)C)CCCNC1. The summed E-state index contributed by atoms with van der Waals surface area (Å²) in [6.45, 7) is 15.5. The van der Waals surface area contributed by atoms with Gasteiger partial charge < -0.3 is 10.2 Å². The van der Waals surface area contributed by atoms with Gasteiger partial charge in [-0.1, -0.05) is 34.1 Å². The molecule has 0 aromatic rings. The van der Waals surface area contributed by atoms with Crippen LogP contribution in [0.25, 0.3) is 0 Å². The Labute approximate surface area is 108 Å². The largest absolute Gasteiger partial charge is 0.316 e. The molecule has 0 amide bonds. The van der Waals surface area contributed by atoms with E-state index < -0.39 is 0 Å². The van der Waals surface area contributed by atoms with Gasteiger partial charge in [0.1, 0.15) is 0 Å². The quantitative estimate of drug-likeness (QED) is 0.735. The van der Waals surface area contributed by atoms with E-state index in [-0.39, 0.29) is 0 Å². The maximum absolute atomic E-state index is 3.62. The molecule has 0 saturated carbocycles. The summed E-state index contributed by atoms with van der Waals surface area (Å²) in [6.07, 6.45) is 5.48. The van der Waals surface area contributed by atoms with E-state index in [1.165, 1.54) is 58.4 Å². The van der Waals surface area contributed by atoms with Crippen LogP contribution in [-0.2, 0) is 0 Å². The van der Waals surface area contributed by atoms with Crippen LogP contribution in [0, 0.1) is 11.3 Å². The third kappa shape index (κ3) is 4.97. The average Bonchev–Trinajstić information content (AvgIpc) is 2.29. The van der Waals surface area contributed by atoms with Crippen molar-refractivity contribution < 1.29 is 0 Å². The number of rotatable bonds is 7. The van der Waals surface area contributed by atoms with Gasteiger partial charge in [0, 0.05) is 19.6 Å². The topological polar surface area (TPSA) is 15.3 Å². The molecule has 1 atom stereocenters. The predicted octanol–water partition coefficient (Wildman–Crippen LogP) is 3.13. The number of piperidine rings is 1. The Hall–Kier alpha value is -0.0800. The molecule has 2 heteroatoms. The summed E-state index contributed by atoms with van der Waals surface area (Å²) >= 11 is 0. The molecule has 1 rings (SSSR count). The van der Waals surface area contributed by atoms with Gasteiger partial charge in [-0.2, -0.15) is 0 Å². The van der Waals surface area contributed by atoms with Gasteiger partial charge in [-0.05, 0) is 43.7 Å². The smallest absolute Gasteiger partial charge is 0.00501 e. The number of nitrogens with one attached hydrogen (secondary N) is 1. The summed E-state index contributed by atoms with van der Waals surface area (Å²) in [4.78, 5) is 2.66. The second-order valence-electron chi connectivity index (χ2n) is 6.25. The standard InChI is InChI=1S/C15H32N2/c1-5-8-15(9-7-10-16-12-15)13-17(6-2)11-14(3)4/h14,16H,5-13H2,1-4H3. The second-order valence-corrected chi connectivity index (χ2v) is 6.25. The van der Waals surface area contributed by atoms with Gasteiger partial charge in [0.2, 0.25) is 0 Å². The van der Waals surface area contributed by atoms with Crippen molar-refractivity contribution in [3.05, 3.63) is 0 Å². The molecule has 0 bridgehead atoms. The Morgan fingerprint density at radius 2 is 2.06 bits per heavy atom. The van der Waals surface area contributed by atoms with Crippen LogP contribution in [0.3, 0.4) is 0 Å². The zero-order valence-electron chi connectivity index (χ0n) is 12.4. The van der Waals surface area contributed by atoms with Crippen LogP contribution in [0.4, 0.5) is 0 Å². The second kappa shape index (κ2) is 7.38. The van der Waals surface area contributed by atoms with Crippen molar-refractivity contribution in [3.8, 4) is 0 Å². The minimum atomic E-state index is 0.553. The number of hydrogen-bond donors (Lipinski definition) is 1. The molecule has 0 spiro atoms.